The lowest BCUT2D eigenvalue weighted by atomic mass is 9.94. The zero-order valence-electron chi connectivity index (χ0n) is 21.5. The van der Waals surface area contributed by atoms with Crippen LogP contribution in [0.5, 0.6) is 0 Å². The summed E-state index contributed by atoms with van der Waals surface area (Å²) in [4.78, 5) is 56.5. The zero-order chi connectivity index (χ0) is 26.0. The summed E-state index contributed by atoms with van der Waals surface area (Å²) >= 11 is 0. The molecule has 2 rings (SSSR count). The molecule has 2 heterocycles. The number of hydrogen-bond donors (Lipinski definition) is 3. The second-order valence-electron chi connectivity index (χ2n) is 9.55. The summed E-state index contributed by atoms with van der Waals surface area (Å²) in [6, 6.07) is 2.62. The van der Waals surface area contributed by atoms with Crippen LogP contribution >= 0.6 is 0 Å². The van der Waals surface area contributed by atoms with Crippen LogP contribution in [0.3, 0.4) is 0 Å². The summed E-state index contributed by atoms with van der Waals surface area (Å²) in [6.07, 6.45) is 4.38. The van der Waals surface area contributed by atoms with E-state index < -0.39 is 47.9 Å². The molecule has 0 bridgehead atoms. The average molecular weight is 489 g/mol. The first-order valence-corrected chi connectivity index (χ1v) is 12.7. The number of aromatic nitrogens is 1. The molecule has 35 heavy (non-hydrogen) atoms. The SMILES string of the molecule is CCCC[C@H](C)[C@@H]1CC(=O)N[C@@H](Cc2ccccn2)C(=O)N[C@@H](C)C(=O)N[C@H]([C@@H](C)CC)C(=O)O1. The Morgan fingerprint density at radius 1 is 1.03 bits per heavy atom. The number of unbranched alkanes of at least 4 members (excludes halogenated alkanes) is 1. The van der Waals surface area contributed by atoms with Crippen LogP contribution in [0.15, 0.2) is 24.4 Å². The summed E-state index contributed by atoms with van der Waals surface area (Å²) in [5, 5.41) is 8.20. The standard InChI is InChI=1S/C26H40N4O5/c1-6-8-11-17(4)21-15-22(31)29-20(14-19-12-9-10-13-27-19)25(33)28-18(5)24(32)30-23(16(3)7-2)26(34)35-21/h9-10,12-13,16-18,20-21,23H,6-8,11,14-15H2,1-5H3,(H,28,33)(H,29,31)(H,30,32)/t16-,17-,18-,20-,21-,23+/m0/s1. The number of amides is 3. The van der Waals surface area contributed by atoms with Gasteiger partial charge in [-0.15, -0.1) is 0 Å². The molecule has 3 N–H and O–H groups in total. The van der Waals surface area contributed by atoms with Gasteiger partial charge in [0.15, 0.2) is 0 Å². The third kappa shape index (κ3) is 8.64. The van der Waals surface area contributed by atoms with Gasteiger partial charge in [0, 0.05) is 18.3 Å². The molecule has 0 radical (unpaired) electrons. The molecule has 1 aliphatic rings. The van der Waals surface area contributed by atoms with Crippen molar-refractivity contribution in [3.63, 3.8) is 0 Å². The maximum absolute atomic E-state index is 13.2. The Morgan fingerprint density at radius 2 is 1.77 bits per heavy atom. The molecule has 9 heteroatoms. The number of ether oxygens (including phenoxy) is 1. The number of esters is 1. The minimum Gasteiger partial charge on any atom is -0.460 e. The van der Waals surface area contributed by atoms with E-state index >= 15 is 0 Å². The van der Waals surface area contributed by atoms with Gasteiger partial charge in [-0.3, -0.25) is 19.4 Å². The predicted octanol–water partition coefficient (Wildman–Crippen LogP) is 2.29. The van der Waals surface area contributed by atoms with Crippen molar-refractivity contribution < 1.29 is 23.9 Å². The van der Waals surface area contributed by atoms with Gasteiger partial charge in [0.2, 0.25) is 17.7 Å². The van der Waals surface area contributed by atoms with Crippen molar-refractivity contribution in [2.24, 2.45) is 11.8 Å². The van der Waals surface area contributed by atoms with Gasteiger partial charge in [-0.05, 0) is 37.3 Å². The van der Waals surface area contributed by atoms with E-state index in [1.807, 2.05) is 20.8 Å². The van der Waals surface area contributed by atoms with Gasteiger partial charge in [0.05, 0.1) is 6.42 Å². The molecule has 1 fully saturated rings. The minimum atomic E-state index is -0.930. The van der Waals surface area contributed by atoms with E-state index in [9.17, 15) is 19.2 Å². The van der Waals surface area contributed by atoms with E-state index in [2.05, 4.69) is 27.9 Å². The van der Waals surface area contributed by atoms with Gasteiger partial charge in [0.1, 0.15) is 24.2 Å². The van der Waals surface area contributed by atoms with Crippen LogP contribution < -0.4 is 16.0 Å². The zero-order valence-corrected chi connectivity index (χ0v) is 21.5. The normalized spacial score (nSPS) is 26.1. The summed E-state index contributed by atoms with van der Waals surface area (Å²) in [6.45, 7) is 9.36. The summed E-state index contributed by atoms with van der Waals surface area (Å²) in [5.41, 5.74) is 0.630. The molecule has 1 aromatic rings. The first kappa shape index (κ1) is 28.3. The quantitative estimate of drug-likeness (QED) is 0.482. The maximum Gasteiger partial charge on any atom is 0.329 e. The molecule has 0 unspecified atom stereocenters. The van der Waals surface area contributed by atoms with Gasteiger partial charge in [-0.25, -0.2) is 4.79 Å². The molecule has 1 saturated heterocycles. The van der Waals surface area contributed by atoms with Crippen molar-refractivity contribution in [1.82, 2.24) is 20.9 Å². The van der Waals surface area contributed by atoms with Crippen LogP contribution in [0.1, 0.15) is 72.4 Å². The Hall–Kier alpha value is -2.97. The van der Waals surface area contributed by atoms with Crippen molar-refractivity contribution in [3.05, 3.63) is 30.1 Å². The summed E-state index contributed by atoms with van der Waals surface area (Å²) in [5.74, 6) is -2.18. The van der Waals surface area contributed by atoms with E-state index in [-0.39, 0.29) is 24.7 Å². The predicted molar refractivity (Wildman–Crippen MR) is 132 cm³/mol. The van der Waals surface area contributed by atoms with Gasteiger partial charge < -0.3 is 20.7 Å². The summed E-state index contributed by atoms with van der Waals surface area (Å²) in [7, 11) is 0. The Kier molecular flexibility index (Phi) is 11.1. The number of nitrogens with one attached hydrogen (secondary N) is 3. The highest BCUT2D eigenvalue weighted by Crippen LogP contribution is 2.21. The highest BCUT2D eigenvalue weighted by molar-refractivity contribution is 5.94. The molecule has 1 aromatic heterocycles. The van der Waals surface area contributed by atoms with Crippen molar-refractivity contribution in [1.29, 1.82) is 0 Å². The molecule has 3 amide bonds. The first-order valence-electron chi connectivity index (χ1n) is 12.7. The largest absolute Gasteiger partial charge is 0.460 e. The Morgan fingerprint density at radius 3 is 2.40 bits per heavy atom. The van der Waals surface area contributed by atoms with Crippen molar-refractivity contribution in [2.75, 3.05) is 0 Å². The second kappa shape index (κ2) is 13.8. The fourth-order valence-corrected chi connectivity index (χ4v) is 3.99. The van der Waals surface area contributed by atoms with E-state index in [0.717, 1.165) is 19.3 Å². The molecule has 0 aliphatic carbocycles. The smallest absolute Gasteiger partial charge is 0.329 e. The lowest BCUT2D eigenvalue weighted by Crippen LogP contribution is -2.55. The van der Waals surface area contributed by atoms with Crippen molar-refractivity contribution >= 4 is 23.7 Å². The van der Waals surface area contributed by atoms with Crippen molar-refractivity contribution in [3.8, 4) is 0 Å². The lowest BCUT2D eigenvalue weighted by molar-refractivity contribution is -0.158. The van der Waals surface area contributed by atoms with Crippen LogP contribution in [0.4, 0.5) is 0 Å². The fraction of sp³-hybridized carbons (Fsp3) is 0.654. The molecule has 0 aromatic carbocycles. The van der Waals surface area contributed by atoms with Crippen LogP contribution in [-0.4, -0.2) is 52.9 Å². The number of carbonyl (C=O) groups excluding carboxylic acids is 4. The van der Waals surface area contributed by atoms with Gasteiger partial charge >= 0.3 is 5.97 Å². The van der Waals surface area contributed by atoms with E-state index in [0.29, 0.717) is 12.1 Å². The highest BCUT2D eigenvalue weighted by atomic mass is 16.5. The van der Waals surface area contributed by atoms with Crippen molar-refractivity contribution in [2.45, 2.75) is 97.4 Å². The highest BCUT2D eigenvalue weighted by Gasteiger charge is 2.35. The lowest BCUT2D eigenvalue weighted by Gasteiger charge is -2.29. The Labute approximate surface area is 208 Å². The maximum atomic E-state index is 13.2. The monoisotopic (exact) mass is 488 g/mol. The third-order valence-electron chi connectivity index (χ3n) is 6.61. The molecule has 9 nitrogen and oxygen atoms in total. The number of carbonyl (C=O) groups is 4. The Balaban J connectivity index is 2.37. The van der Waals surface area contributed by atoms with E-state index in [1.54, 1.807) is 31.3 Å². The fourth-order valence-electron chi connectivity index (χ4n) is 3.99. The van der Waals surface area contributed by atoms with E-state index in [1.165, 1.54) is 0 Å². The third-order valence-corrected chi connectivity index (χ3v) is 6.61. The van der Waals surface area contributed by atoms with Gasteiger partial charge in [0.25, 0.3) is 0 Å². The molecular weight excluding hydrogens is 448 g/mol. The average Bonchev–Trinajstić information content (AvgIpc) is 2.84. The number of cyclic esters (lactones) is 1. The number of hydrogen-bond acceptors (Lipinski definition) is 6. The summed E-state index contributed by atoms with van der Waals surface area (Å²) < 4.78 is 5.86. The molecule has 0 spiro atoms. The van der Waals surface area contributed by atoms with Crippen LogP contribution in [-0.2, 0) is 30.3 Å². The molecule has 194 valence electrons. The second-order valence-corrected chi connectivity index (χ2v) is 9.55. The van der Waals surface area contributed by atoms with Gasteiger partial charge in [-0.2, -0.15) is 0 Å². The Bertz CT molecular complexity index is 863. The van der Waals surface area contributed by atoms with Gasteiger partial charge in [-0.1, -0.05) is 53.0 Å². The topological polar surface area (TPSA) is 126 Å². The first-order chi connectivity index (χ1) is 16.7. The molecule has 6 atom stereocenters. The molecular formula is C26H40N4O5. The van der Waals surface area contributed by atoms with Crippen LogP contribution in [0.2, 0.25) is 0 Å². The number of rotatable bonds is 8. The van der Waals surface area contributed by atoms with Crippen LogP contribution in [0.25, 0.3) is 0 Å². The van der Waals surface area contributed by atoms with Crippen LogP contribution in [0, 0.1) is 11.8 Å². The molecule has 0 saturated carbocycles. The minimum absolute atomic E-state index is 0.0648. The molecule has 1 aliphatic heterocycles. The van der Waals surface area contributed by atoms with E-state index in [4.69, 9.17) is 4.74 Å². The number of pyridine rings is 1. The number of nitrogens with zero attached hydrogens (tertiary/aromatic N) is 1.